The standard InChI is InChI=1S/C18H21N3O3/c1-12-16(10-19-21(12)11-13-5-3-2-4-6-13)17(22)20-15-8-7-14(9-15)18(23)24/h2-6,10,14-15H,7-9,11H2,1H3,(H,20,22)(H,23,24)/t14-,15+/m1/s1. The lowest BCUT2D eigenvalue weighted by atomic mass is 10.1. The van der Waals surface area contributed by atoms with Gasteiger partial charge in [-0.05, 0) is 31.7 Å². The quantitative estimate of drug-likeness (QED) is 0.882. The third-order valence-electron chi connectivity index (χ3n) is 4.64. The Labute approximate surface area is 140 Å². The van der Waals surface area contributed by atoms with Gasteiger partial charge in [0.1, 0.15) is 0 Å². The highest BCUT2D eigenvalue weighted by Crippen LogP contribution is 2.26. The molecule has 1 amide bonds. The summed E-state index contributed by atoms with van der Waals surface area (Å²) in [7, 11) is 0. The zero-order valence-electron chi connectivity index (χ0n) is 13.6. The van der Waals surface area contributed by atoms with Crippen LogP contribution in [-0.2, 0) is 11.3 Å². The summed E-state index contributed by atoms with van der Waals surface area (Å²) in [5.74, 6) is -1.31. The first-order valence-corrected chi connectivity index (χ1v) is 8.14. The second-order valence-electron chi connectivity index (χ2n) is 6.31. The van der Waals surface area contributed by atoms with Crippen LogP contribution in [0.4, 0.5) is 0 Å². The molecule has 24 heavy (non-hydrogen) atoms. The molecule has 2 atom stereocenters. The number of hydrogen-bond donors (Lipinski definition) is 2. The van der Waals surface area contributed by atoms with Crippen LogP contribution in [0.25, 0.3) is 0 Å². The first kappa shape index (κ1) is 16.2. The lowest BCUT2D eigenvalue weighted by molar-refractivity contribution is -0.141. The van der Waals surface area contributed by atoms with Crippen molar-refractivity contribution in [2.75, 3.05) is 0 Å². The van der Waals surface area contributed by atoms with E-state index in [0.29, 0.717) is 31.4 Å². The van der Waals surface area contributed by atoms with Gasteiger partial charge in [0.15, 0.2) is 0 Å². The van der Waals surface area contributed by atoms with Gasteiger partial charge in [0, 0.05) is 11.7 Å². The molecule has 1 aliphatic carbocycles. The lowest BCUT2D eigenvalue weighted by Gasteiger charge is -2.12. The minimum absolute atomic E-state index is 0.0736. The summed E-state index contributed by atoms with van der Waals surface area (Å²) in [6.45, 7) is 2.49. The number of carboxylic acids is 1. The van der Waals surface area contributed by atoms with Crippen molar-refractivity contribution < 1.29 is 14.7 Å². The summed E-state index contributed by atoms with van der Waals surface area (Å²) in [5.41, 5.74) is 2.48. The van der Waals surface area contributed by atoms with E-state index in [1.165, 1.54) is 0 Å². The molecule has 126 valence electrons. The Bertz CT molecular complexity index is 739. The molecular formula is C18H21N3O3. The Morgan fingerprint density at radius 3 is 2.71 bits per heavy atom. The van der Waals surface area contributed by atoms with Crippen LogP contribution in [0.3, 0.4) is 0 Å². The summed E-state index contributed by atoms with van der Waals surface area (Å²) in [4.78, 5) is 23.5. The molecule has 0 bridgehead atoms. The number of hydrogen-bond acceptors (Lipinski definition) is 3. The molecule has 1 aromatic carbocycles. The molecule has 1 aromatic heterocycles. The van der Waals surface area contributed by atoms with Crippen LogP contribution < -0.4 is 5.32 Å². The van der Waals surface area contributed by atoms with Gasteiger partial charge in [-0.2, -0.15) is 5.10 Å². The van der Waals surface area contributed by atoms with Crippen LogP contribution in [0.2, 0.25) is 0 Å². The number of aliphatic carboxylic acids is 1. The summed E-state index contributed by atoms with van der Waals surface area (Å²) in [5, 5.41) is 16.3. The SMILES string of the molecule is Cc1c(C(=O)N[C@H]2CC[C@@H](C(=O)O)C2)cnn1Cc1ccccc1. The van der Waals surface area contributed by atoms with Gasteiger partial charge in [-0.25, -0.2) is 0 Å². The largest absolute Gasteiger partial charge is 0.481 e. The van der Waals surface area contributed by atoms with Gasteiger partial charge in [0.05, 0.1) is 24.2 Å². The molecule has 6 heteroatoms. The molecule has 6 nitrogen and oxygen atoms in total. The van der Waals surface area contributed by atoms with Crippen LogP contribution in [0.5, 0.6) is 0 Å². The number of nitrogens with one attached hydrogen (secondary N) is 1. The van der Waals surface area contributed by atoms with Crippen LogP contribution in [-0.4, -0.2) is 32.8 Å². The summed E-state index contributed by atoms with van der Waals surface area (Å²) < 4.78 is 1.80. The Balaban J connectivity index is 1.65. The number of carbonyl (C=O) groups is 2. The normalized spacial score (nSPS) is 20.0. The molecule has 0 unspecified atom stereocenters. The van der Waals surface area contributed by atoms with Gasteiger partial charge in [0.2, 0.25) is 0 Å². The third kappa shape index (κ3) is 3.48. The molecule has 2 aromatic rings. The number of carboxylic acid groups (broad SMARTS) is 1. The van der Waals surface area contributed by atoms with Crippen LogP contribution in [0, 0.1) is 12.8 Å². The van der Waals surface area contributed by atoms with Crippen molar-refractivity contribution in [3.63, 3.8) is 0 Å². The number of rotatable bonds is 5. The second kappa shape index (κ2) is 6.86. The maximum Gasteiger partial charge on any atom is 0.306 e. The number of aromatic nitrogens is 2. The van der Waals surface area contributed by atoms with E-state index in [1.807, 2.05) is 37.3 Å². The fraction of sp³-hybridized carbons (Fsp3) is 0.389. The fourth-order valence-electron chi connectivity index (χ4n) is 3.19. The minimum Gasteiger partial charge on any atom is -0.481 e. The fourth-order valence-corrected chi connectivity index (χ4v) is 3.19. The maximum atomic E-state index is 12.5. The number of benzene rings is 1. The summed E-state index contributed by atoms with van der Waals surface area (Å²) in [6.07, 6.45) is 3.40. The van der Waals surface area contributed by atoms with Crippen molar-refractivity contribution >= 4 is 11.9 Å². The highest BCUT2D eigenvalue weighted by Gasteiger charge is 2.31. The smallest absolute Gasteiger partial charge is 0.306 e. The zero-order valence-corrected chi connectivity index (χ0v) is 13.6. The number of amides is 1. The molecular weight excluding hydrogens is 306 g/mol. The Hall–Kier alpha value is -2.63. The first-order valence-electron chi connectivity index (χ1n) is 8.14. The van der Waals surface area contributed by atoms with Crippen molar-refractivity contribution in [1.82, 2.24) is 15.1 Å². The third-order valence-corrected chi connectivity index (χ3v) is 4.64. The van der Waals surface area contributed by atoms with Crippen molar-refractivity contribution in [2.45, 2.75) is 38.8 Å². The zero-order chi connectivity index (χ0) is 17.1. The predicted octanol–water partition coefficient (Wildman–Crippen LogP) is 2.22. The molecule has 0 aliphatic heterocycles. The van der Waals surface area contributed by atoms with Crippen molar-refractivity contribution in [1.29, 1.82) is 0 Å². The molecule has 1 aliphatic rings. The number of carbonyl (C=O) groups excluding carboxylic acids is 1. The van der Waals surface area contributed by atoms with E-state index >= 15 is 0 Å². The molecule has 1 heterocycles. The van der Waals surface area contributed by atoms with Crippen LogP contribution in [0.15, 0.2) is 36.5 Å². The molecule has 0 saturated heterocycles. The van der Waals surface area contributed by atoms with Gasteiger partial charge in [-0.15, -0.1) is 0 Å². The topological polar surface area (TPSA) is 84.2 Å². The second-order valence-corrected chi connectivity index (χ2v) is 6.31. The first-order chi connectivity index (χ1) is 11.5. The number of nitrogens with zero attached hydrogens (tertiary/aromatic N) is 2. The Morgan fingerprint density at radius 1 is 1.29 bits per heavy atom. The van der Waals surface area contributed by atoms with Gasteiger partial charge < -0.3 is 10.4 Å². The Morgan fingerprint density at radius 2 is 2.04 bits per heavy atom. The highest BCUT2D eigenvalue weighted by molar-refractivity contribution is 5.95. The van der Waals surface area contributed by atoms with Crippen molar-refractivity contribution in [3.05, 3.63) is 53.3 Å². The van der Waals surface area contributed by atoms with E-state index in [2.05, 4.69) is 10.4 Å². The van der Waals surface area contributed by atoms with Crippen molar-refractivity contribution in [3.8, 4) is 0 Å². The molecule has 0 radical (unpaired) electrons. The van der Waals surface area contributed by atoms with E-state index in [0.717, 1.165) is 11.3 Å². The predicted molar refractivity (Wildman–Crippen MR) is 88.7 cm³/mol. The maximum absolute atomic E-state index is 12.5. The average Bonchev–Trinajstić information content (AvgIpc) is 3.16. The van der Waals surface area contributed by atoms with E-state index in [4.69, 9.17) is 5.11 Å². The van der Waals surface area contributed by atoms with E-state index in [9.17, 15) is 9.59 Å². The van der Waals surface area contributed by atoms with Gasteiger partial charge >= 0.3 is 5.97 Å². The van der Waals surface area contributed by atoms with Crippen molar-refractivity contribution in [2.24, 2.45) is 5.92 Å². The summed E-state index contributed by atoms with van der Waals surface area (Å²) >= 11 is 0. The van der Waals surface area contributed by atoms with Gasteiger partial charge in [0.25, 0.3) is 5.91 Å². The summed E-state index contributed by atoms with van der Waals surface area (Å²) in [6, 6.07) is 9.87. The van der Waals surface area contributed by atoms with Gasteiger partial charge in [-0.1, -0.05) is 30.3 Å². The van der Waals surface area contributed by atoms with Crippen LogP contribution in [0.1, 0.15) is 40.9 Å². The molecule has 1 saturated carbocycles. The highest BCUT2D eigenvalue weighted by atomic mass is 16.4. The van der Waals surface area contributed by atoms with Crippen LogP contribution >= 0.6 is 0 Å². The van der Waals surface area contributed by atoms with Gasteiger partial charge in [-0.3, -0.25) is 14.3 Å². The molecule has 1 fully saturated rings. The monoisotopic (exact) mass is 327 g/mol. The molecule has 3 rings (SSSR count). The average molecular weight is 327 g/mol. The Kier molecular flexibility index (Phi) is 4.64. The van der Waals surface area contributed by atoms with E-state index in [-0.39, 0.29) is 17.9 Å². The molecule has 2 N–H and O–H groups in total. The van der Waals surface area contributed by atoms with E-state index < -0.39 is 5.97 Å². The van der Waals surface area contributed by atoms with E-state index in [1.54, 1.807) is 10.9 Å². The molecule has 0 spiro atoms. The lowest BCUT2D eigenvalue weighted by Crippen LogP contribution is -2.33. The minimum atomic E-state index is -0.779.